The highest BCUT2D eigenvalue weighted by Crippen LogP contribution is 2.39. The third-order valence-corrected chi connectivity index (χ3v) is 5.52. The largest absolute Gasteiger partial charge is 0.494 e. The summed E-state index contributed by atoms with van der Waals surface area (Å²) >= 11 is 0. The molecule has 4 rings (SSSR count). The van der Waals surface area contributed by atoms with Crippen LogP contribution in [0.4, 0.5) is 4.39 Å². The lowest BCUT2D eigenvalue weighted by molar-refractivity contribution is -0.142. The molecule has 0 aliphatic carbocycles. The first-order valence-electron chi connectivity index (χ1n) is 9.40. The Labute approximate surface area is 163 Å². The summed E-state index contributed by atoms with van der Waals surface area (Å²) in [5, 5.41) is 11.9. The number of carboxylic acid groups (broad SMARTS) is 1. The van der Waals surface area contributed by atoms with Crippen LogP contribution in [0.2, 0.25) is 0 Å². The SMILES string of the molecule is COc1ccc(C(c2cccc3ccccc23)N2CCCC2C(=O)O)cc1F. The predicted octanol–water partition coefficient (Wildman–Crippen LogP) is 4.63. The molecule has 0 saturated carbocycles. The zero-order valence-corrected chi connectivity index (χ0v) is 15.6. The first-order valence-corrected chi connectivity index (χ1v) is 9.40. The molecule has 144 valence electrons. The molecule has 1 aliphatic heterocycles. The first kappa shape index (κ1) is 18.4. The van der Waals surface area contributed by atoms with Gasteiger partial charge in [0.05, 0.1) is 13.2 Å². The molecule has 1 saturated heterocycles. The van der Waals surface area contributed by atoms with Gasteiger partial charge in [-0.3, -0.25) is 9.69 Å². The average molecular weight is 379 g/mol. The molecule has 1 fully saturated rings. The predicted molar refractivity (Wildman–Crippen MR) is 106 cm³/mol. The van der Waals surface area contributed by atoms with Gasteiger partial charge in [0.15, 0.2) is 11.6 Å². The molecule has 3 aromatic rings. The van der Waals surface area contributed by atoms with Gasteiger partial charge in [-0.1, -0.05) is 48.5 Å². The molecule has 1 aliphatic rings. The fourth-order valence-corrected chi connectivity index (χ4v) is 4.25. The average Bonchev–Trinajstić information content (AvgIpc) is 3.18. The van der Waals surface area contributed by atoms with Gasteiger partial charge in [0.1, 0.15) is 6.04 Å². The molecular weight excluding hydrogens is 357 g/mol. The van der Waals surface area contributed by atoms with Crippen LogP contribution in [0.25, 0.3) is 10.8 Å². The third-order valence-electron chi connectivity index (χ3n) is 5.52. The number of likely N-dealkylation sites (tertiary alicyclic amines) is 1. The molecule has 2 unspecified atom stereocenters. The van der Waals surface area contributed by atoms with Gasteiger partial charge in [0, 0.05) is 6.54 Å². The molecule has 0 aromatic heterocycles. The summed E-state index contributed by atoms with van der Waals surface area (Å²) in [6.45, 7) is 0.651. The summed E-state index contributed by atoms with van der Waals surface area (Å²) in [7, 11) is 1.43. The van der Waals surface area contributed by atoms with E-state index in [9.17, 15) is 14.3 Å². The fourth-order valence-electron chi connectivity index (χ4n) is 4.25. The van der Waals surface area contributed by atoms with Crippen molar-refractivity contribution in [3.05, 3.63) is 77.6 Å². The van der Waals surface area contributed by atoms with E-state index in [1.165, 1.54) is 13.2 Å². The minimum absolute atomic E-state index is 0.177. The number of halogens is 1. The number of carbonyl (C=O) groups is 1. The van der Waals surface area contributed by atoms with Crippen molar-refractivity contribution in [3.8, 4) is 5.75 Å². The number of methoxy groups -OCH3 is 1. The van der Waals surface area contributed by atoms with Crippen molar-refractivity contribution in [2.24, 2.45) is 0 Å². The standard InChI is InChI=1S/C23H22FNO3/c1-28-21-12-11-16(14-19(21)24)22(25-13-5-10-20(25)23(26)27)18-9-4-7-15-6-2-3-8-17(15)18/h2-4,6-9,11-12,14,20,22H,5,10,13H2,1H3,(H,26,27). The molecule has 0 amide bonds. The second-order valence-electron chi connectivity index (χ2n) is 7.10. The number of ether oxygens (including phenoxy) is 1. The van der Waals surface area contributed by atoms with Gasteiger partial charge in [-0.15, -0.1) is 0 Å². The second kappa shape index (κ2) is 7.60. The molecule has 0 bridgehead atoms. The number of rotatable bonds is 5. The van der Waals surface area contributed by atoms with E-state index >= 15 is 0 Å². The van der Waals surface area contributed by atoms with Gasteiger partial charge in [-0.25, -0.2) is 4.39 Å². The molecule has 3 aromatic carbocycles. The summed E-state index contributed by atoms with van der Waals surface area (Å²) in [6.07, 6.45) is 1.39. The molecule has 0 radical (unpaired) electrons. The Morgan fingerprint density at radius 2 is 1.96 bits per heavy atom. The van der Waals surface area contributed by atoms with Crippen molar-refractivity contribution in [2.75, 3.05) is 13.7 Å². The van der Waals surface area contributed by atoms with E-state index in [0.717, 1.165) is 28.3 Å². The van der Waals surface area contributed by atoms with Crippen LogP contribution in [0, 0.1) is 5.82 Å². The Hall–Kier alpha value is -2.92. The van der Waals surface area contributed by atoms with E-state index in [0.29, 0.717) is 13.0 Å². The van der Waals surface area contributed by atoms with E-state index in [1.807, 2.05) is 53.4 Å². The summed E-state index contributed by atoms with van der Waals surface area (Å²) in [5.41, 5.74) is 1.71. The quantitative estimate of drug-likeness (QED) is 0.702. The number of benzene rings is 3. The minimum Gasteiger partial charge on any atom is -0.494 e. The van der Waals surface area contributed by atoms with Crippen LogP contribution in [0.5, 0.6) is 5.75 Å². The number of fused-ring (bicyclic) bond motifs is 1. The lowest BCUT2D eigenvalue weighted by Crippen LogP contribution is -2.39. The summed E-state index contributed by atoms with van der Waals surface area (Å²) in [5.74, 6) is -1.11. The van der Waals surface area contributed by atoms with Gasteiger partial charge in [-0.05, 0) is 46.9 Å². The van der Waals surface area contributed by atoms with Crippen molar-refractivity contribution in [3.63, 3.8) is 0 Å². The molecule has 28 heavy (non-hydrogen) atoms. The zero-order chi connectivity index (χ0) is 19.7. The van der Waals surface area contributed by atoms with Crippen molar-refractivity contribution in [1.29, 1.82) is 0 Å². The lowest BCUT2D eigenvalue weighted by atomic mass is 9.91. The second-order valence-corrected chi connectivity index (χ2v) is 7.10. The number of hydrogen-bond donors (Lipinski definition) is 1. The molecule has 1 heterocycles. The molecular formula is C23H22FNO3. The van der Waals surface area contributed by atoms with Crippen LogP contribution in [-0.4, -0.2) is 35.7 Å². The van der Waals surface area contributed by atoms with Crippen LogP contribution < -0.4 is 4.74 Å². The topological polar surface area (TPSA) is 49.8 Å². The normalized spacial score (nSPS) is 18.3. The van der Waals surface area contributed by atoms with E-state index in [-0.39, 0.29) is 11.8 Å². The van der Waals surface area contributed by atoms with Crippen molar-refractivity contribution in [1.82, 2.24) is 4.90 Å². The number of nitrogens with zero attached hydrogens (tertiary/aromatic N) is 1. The number of carboxylic acids is 1. The Kier molecular flexibility index (Phi) is 5.01. The Balaban J connectivity index is 1.91. The lowest BCUT2D eigenvalue weighted by Gasteiger charge is -2.33. The van der Waals surface area contributed by atoms with Crippen molar-refractivity contribution < 1.29 is 19.0 Å². The Morgan fingerprint density at radius 1 is 1.18 bits per heavy atom. The maximum absolute atomic E-state index is 14.5. The Bertz CT molecular complexity index is 1010. The van der Waals surface area contributed by atoms with Crippen LogP contribution in [0.1, 0.15) is 30.0 Å². The van der Waals surface area contributed by atoms with Gasteiger partial charge < -0.3 is 9.84 Å². The van der Waals surface area contributed by atoms with Crippen LogP contribution >= 0.6 is 0 Å². The third kappa shape index (κ3) is 3.22. The van der Waals surface area contributed by atoms with Crippen LogP contribution in [0.15, 0.2) is 60.7 Å². The molecule has 4 nitrogen and oxygen atoms in total. The highest BCUT2D eigenvalue weighted by Gasteiger charge is 2.37. The molecule has 2 atom stereocenters. The molecule has 1 N–H and O–H groups in total. The van der Waals surface area contributed by atoms with Crippen molar-refractivity contribution >= 4 is 16.7 Å². The maximum atomic E-state index is 14.5. The highest BCUT2D eigenvalue weighted by molar-refractivity contribution is 5.86. The smallest absolute Gasteiger partial charge is 0.320 e. The Morgan fingerprint density at radius 3 is 2.71 bits per heavy atom. The maximum Gasteiger partial charge on any atom is 0.320 e. The van der Waals surface area contributed by atoms with E-state index in [2.05, 4.69) is 0 Å². The van der Waals surface area contributed by atoms with Gasteiger partial charge >= 0.3 is 5.97 Å². The monoisotopic (exact) mass is 379 g/mol. The molecule has 5 heteroatoms. The highest BCUT2D eigenvalue weighted by atomic mass is 19.1. The van der Waals surface area contributed by atoms with Crippen LogP contribution in [-0.2, 0) is 4.79 Å². The number of hydrogen-bond acceptors (Lipinski definition) is 3. The van der Waals surface area contributed by atoms with Gasteiger partial charge in [0.25, 0.3) is 0 Å². The van der Waals surface area contributed by atoms with Gasteiger partial charge in [-0.2, -0.15) is 0 Å². The number of aliphatic carboxylic acids is 1. The van der Waals surface area contributed by atoms with Gasteiger partial charge in [0.2, 0.25) is 0 Å². The van der Waals surface area contributed by atoms with Crippen molar-refractivity contribution in [2.45, 2.75) is 24.9 Å². The van der Waals surface area contributed by atoms with E-state index in [1.54, 1.807) is 6.07 Å². The summed E-state index contributed by atoms with van der Waals surface area (Å²) in [4.78, 5) is 13.9. The molecule has 0 spiro atoms. The minimum atomic E-state index is -0.836. The first-order chi connectivity index (χ1) is 13.6. The van der Waals surface area contributed by atoms with Crippen LogP contribution in [0.3, 0.4) is 0 Å². The van der Waals surface area contributed by atoms with E-state index < -0.39 is 17.8 Å². The summed E-state index contributed by atoms with van der Waals surface area (Å²) < 4.78 is 19.6. The fraction of sp³-hybridized carbons (Fsp3) is 0.261. The summed E-state index contributed by atoms with van der Waals surface area (Å²) in [6, 6.07) is 18.0. The zero-order valence-electron chi connectivity index (χ0n) is 15.6. The van der Waals surface area contributed by atoms with E-state index in [4.69, 9.17) is 4.74 Å².